The minimum Gasteiger partial charge on any atom is -0.346 e. The van der Waals surface area contributed by atoms with Crippen LogP contribution in [-0.2, 0) is 16.6 Å². The summed E-state index contributed by atoms with van der Waals surface area (Å²) in [5.41, 5.74) is 5.20. The van der Waals surface area contributed by atoms with Crippen molar-refractivity contribution in [3.63, 3.8) is 0 Å². The summed E-state index contributed by atoms with van der Waals surface area (Å²) in [6.45, 7) is 6.17. The molecule has 0 aliphatic rings. The van der Waals surface area contributed by atoms with Crippen molar-refractivity contribution in [3.05, 3.63) is 101 Å². The van der Waals surface area contributed by atoms with Crippen molar-refractivity contribution in [2.75, 3.05) is 10.6 Å². The predicted octanol–water partition coefficient (Wildman–Crippen LogP) is 4.76. The number of sulfonamides is 1. The van der Waals surface area contributed by atoms with Gasteiger partial charge in [-0.3, -0.25) is 9.10 Å². The first-order chi connectivity index (χ1) is 14.6. The lowest BCUT2D eigenvalue weighted by Crippen LogP contribution is -2.29. The normalized spacial score (nSPS) is 12.3. The monoisotopic (exact) mass is 436 g/mol. The maximum Gasteiger partial charge on any atom is 0.251 e. The average Bonchev–Trinajstić information content (AvgIpc) is 2.73. The number of carbonyl (C=O) groups excluding carboxylic acids is 1. The molecule has 0 spiro atoms. The van der Waals surface area contributed by atoms with Crippen LogP contribution >= 0.6 is 0 Å². The predicted molar refractivity (Wildman–Crippen MR) is 126 cm³/mol. The van der Waals surface area contributed by atoms with Crippen LogP contribution in [0, 0.1) is 13.8 Å². The van der Waals surface area contributed by atoms with E-state index in [1.54, 1.807) is 24.3 Å². The zero-order valence-electron chi connectivity index (χ0n) is 18.3. The number of nitrogens with one attached hydrogen (secondary N) is 1. The van der Waals surface area contributed by atoms with Gasteiger partial charge in [0.15, 0.2) is 0 Å². The second kappa shape index (κ2) is 9.35. The van der Waals surface area contributed by atoms with Gasteiger partial charge < -0.3 is 5.32 Å². The number of rotatable bonds is 7. The van der Waals surface area contributed by atoms with Gasteiger partial charge in [0, 0.05) is 5.56 Å². The molecule has 0 unspecified atom stereocenters. The van der Waals surface area contributed by atoms with Gasteiger partial charge in [-0.05, 0) is 56.2 Å². The lowest BCUT2D eigenvalue weighted by Gasteiger charge is -2.23. The summed E-state index contributed by atoms with van der Waals surface area (Å²) in [7, 11) is -3.49. The van der Waals surface area contributed by atoms with Crippen LogP contribution in [0.1, 0.15) is 45.6 Å². The average molecular weight is 437 g/mol. The van der Waals surface area contributed by atoms with Gasteiger partial charge in [0.1, 0.15) is 0 Å². The molecule has 0 aliphatic carbocycles. The molecule has 0 bridgehead atoms. The summed E-state index contributed by atoms with van der Waals surface area (Å²) >= 11 is 0. The number of benzene rings is 3. The fourth-order valence-electron chi connectivity index (χ4n) is 3.26. The molecule has 31 heavy (non-hydrogen) atoms. The Labute approximate surface area is 184 Å². The van der Waals surface area contributed by atoms with Crippen LogP contribution in [0.4, 0.5) is 5.69 Å². The number of aryl methyl sites for hydroxylation is 2. The topological polar surface area (TPSA) is 66.5 Å². The molecule has 0 saturated heterocycles. The number of hydrogen-bond donors (Lipinski definition) is 1. The molecule has 0 fully saturated rings. The Morgan fingerprint density at radius 1 is 0.871 bits per heavy atom. The minimum absolute atomic E-state index is 0.137. The molecule has 6 heteroatoms. The summed E-state index contributed by atoms with van der Waals surface area (Å²) in [5.74, 6) is -0.205. The SMILES string of the molecule is Cc1ccc(CN(c2ccc(C(=O)N[C@@H](C)c3ccc(C)cc3)cc2)S(C)(=O)=O)cc1. The molecule has 0 aromatic heterocycles. The Hall–Kier alpha value is -3.12. The van der Waals surface area contributed by atoms with Crippen LogP contribution in [0.5, 0.6) is 0 Å². The van der Waals surface area contributed by atoms with Gasteiger partial charge in [0.25, 0.3) is 5.91 Å². The lowest BCUT2D eigenvalue weighted by molar-refractivity contribution is 0.0940. The number of amides is 1. The van der Waals surface area contributed by atoms with E-state index in [2.05, 4.69) is 5.32 Å². The van der Waals surface area contributed by atoms with Gasteiger partial charge in [0.2, 0.25) is 10.0 Å². The van der Waals surface area contributed by atoms with E-state index in [9.17, 15) is 13.2 Å². The quantitative estimate of drug-likeness (QED) is 0.581. The summed E-state index contributed by atoms with van der Waals surface area (Å²) in [6, 6.07) is 22.3. The van der Waals surface area contributed by atoms with E-state index in [0.717, 1.165) is 16.7 Å². The van der Waals surface area contributed by atoms with Gasteiger partial charge in [-0.1, -0.05) is 59.7 Å². The third kappa shape index (κ3) is 5.95. The van der Waals surface area contributed by atoms with Gasteiger partial charge in [-0.25, -0.2) is 8.42 Å². The highest BCUT2D eigenvalue weighted by Crippen LogP contribution is 2.22. The zero-order chi connectivity index (χ0) is 22.6. The first-order valence-electron chi connectivity index (χ1n) is 10.1. The van der Waals surface area contributed by atoms with Crippen LogP contribution < -0.4 is 9.62 Å². The molecule has 1 N–H and O–H groups in total. The van der Waals surface area contributed by atoms with Crippen molar-refractivity contribution < 1.29 is 13.2 Å². The number of hydrogen-bond acceptors (Lipinski definition) is 3. The second-order valence-electron chi connectivity index (χ2n) is 7.91. The molecule has 3 aromatic carbocycles. The highest BCUT2D eigenvalue weighted by atomic mass is 32.2. The Morgan fingerprint density at radius 3 is 1.90 bits per heavy atom. The molecule has 162 valence electrons. The van der Waals surface area contributed by atoms with Crippen molar-refractivity contribution in [2.45, 2.75) is 33.4 Å². The molecular formula is C25H28N2O3S. The highest BCUT2D eigenvalue weighted by molar-refractivity contribution is 7.92. The van der Waals surface area contributed by atoms with E-state index in [-0.39, 0.29) is 18.5 Å². The smallest absolute Gasteiger partial charge is 0.251 e. The molecule has 0 saturated carbocycles. The standard InChI is InChI=1S/C25H28N2O3S/c1-18-5-9-21(10-6-18)17-27(31(4,29)30)24-15-13-23(14-16-24)25(28)26-20(3)22-11-7-19(2)8-12-22/h5-16,20H,17H2,1-4H3,(H,26,28)/t20-/m0/s1. The van der Waals surface area contributed by atoms with Crippen LogP contribution in [0.15, 0.2) is 72.8 Å². The Morgan fingerprint density at radius 2 is 1.39 bits per heavy atom. The third-order valence-electron chi connectivity index (χ3n) is 5.19. The molecule has 5 nitrogen and oxygen atoms in total. The molecule has 0 aliphatic heterocycles. The van der Waals surface area contributed by atoms with Gasteiger partial charge >= 0.3 is 0 Å². The maximum atomic E-state index is 12.7. The minimum atomic E-state index is -3.49. The molecule has 0 heterocycles. The van der Waals surface area contributed by atoms with Crippen molar-refractivity contribution >= 4 is 21.6 Å². The summed E-state index contributed by atoms with van der Waals surface area (Å²) in [6.07, 6.45) is 1.19. The molecule has 0 radical (unpaired) electrons. The van der Waals surface area contributed by atoms with Gasteiger partial charge in [0.05, 0.1) is 24.5 Å². The van der Waals surface area contributed by atoms with Crippen molar-refractivity contribution in [3.8, 4) is 0 Å². The Balaban J connectivity index is 1.75. The lowest BCUT2D eigenvalue weighted by atomic mass is 10.1. The second-order valence-corrected chi connectivity index (χ2v) is 9.81. The third-order valence-corrected chi connectivity index (χ3v) is 6.33. The van der Waals surface area contributed by atoms with Crippen LogP contribution in [0.25, 0.3) is 0 Å². The maximum absolute atomic E-state index is 12.7. The molecule has 1 amide bonds. The highest BCUT2D eigenvalue weighted by Gasteiger charge is 2.19. The van der Waals surface area contributed by atoms with Crippen LogP contribution in [0.2, 0.25) is 0 Å². The summed E-state index contributed by atoms with van der Waals surface area (Å²) in [5, 5.41) is 2.99. The van der Waals surface area contributed by atoms with Crippen LogP contribution in [-0.4, -0.2) is 20.6 Å². The fraction of sp³-hybridized carbons (Fsp3) is 0.240. The first-order valence-corrected chi connectivity index (χ1v) is 12.0. The Bertz CT molecular complexity index is 1140. The fourth-order valence-corrected chi connectivity index (χ4v) is 4.15. The van der Waals surface area contributed by atoms with E-state index in [4.69, 9.17) is 0 Å². The van der Waals surface area contributed by atoms with Gasteiger partial charge in [-0.2, -0.15) is 0 Å². The largest absolute Gasteiger partial charge is 0.346 e. The summed E-state index contributed by atoms with van der Waals surface area (Å²) in [4.78, 5) is 12.7. The number of carbonyl (C=O) groups is 1. The van der Waals surface area contributed by atoms with Crippen molar-refractivity contribution in [1.29, 1.82) is 0 Å². The van der Waals surface area contributed by atoms with Crippen LogP contribution in [0.3, 0.4) is 0 Å². The van der Waals surface area contributed by atoms with E-state index in [1.165, 1.54) is 16.1 Å². The van der Waals surface area contributed by atoms with Crippen molar-refractivity contribution in [2.24, 2.45) is 0 Å². The van der Waals surface area contributed by atoms with E-state index >= 15 is 0 Å². The van der Waals surface area contributed by atoms with Crippen molar-refractivity contribution in [1.82, 2.24) is 5.32 Å². The molecule has 3 aromatic rings. The van der Waals surface area contributed by atoms with E-state index in [1.807, 2.05) is 69.3 Å². The van der Waals surface area contributed by atoms with Gasteiger partial charge in [-0.15, -0.1) is 0 Å². The van der Waals surface area contributed by atoms with E-state index in [0.29, 0.717) is 11.3 Å². The first kappa shape index (κ1) is 22.6. The summed E-state index contributed by atoms with van der Waals surface area (Å²) < 4.78 is 26.1. The molecular weight excluding hydrogens is 408 g/mol. The molecule has 1 atom stereocenters. The molecule has 3 rings (SSSR count). The Kier molecular flexibility index (Phi) is 6.81. The zero-order valence-corrected chi connectivity index (χ0v) is 19.1. The van der Waals surface area contributed by atoms with E-state index < -0.39 is 10.0 Å². The number of nitrogens with zero attached hydrogens (tertiary/aromatic N) is 1. The number of anilines is 1.